The van der Waals surface area contributed by atoms with Crippen LogP contribution < -0.4 is 0 Å². The van der Waals surface area contributed by atoms with Gasteiger partial charge in [0.15, 0.2) is 0 Å². The highest BCUT2D eigenvalue weighted by Crippen LogP contribution is 2.48. The van der Waals surface area contributed by atoms with E-state index >= 15 is 0 Å². The number of para-hydroxylation sites is 6. The van der Waals surface area contributed by atoms with Crippen LogP contribution in [0.2, 0.25) is 0 Å². The maximum Gasteiger partial charge on any atom is 0.104 e. The molecule has 0 N–H and O–H groups in total. The Labute approximate surface area is 316 Å². The number of nitriles is 2. The van der Waals surface area contributed by atoms with Gasteiger partial charge in [-0.1, -0.05) is 140 Å². The molecule has 11 rings (SSSR count). The number of nitrogens with zero attached hydrogens (tertiary/aromatic N) is 5. The summed E-state index contributed by atoms with van der Waals surface area (Å²) in [4.78, 5) is 0. The van der Waals surface area contributed by atoms with E-state index in [2.05, 4.69) is 159 Å². The van der Waals surface area contributed by atoms with Crippen molar-refractivity contribution in [1.29, 1.82) is 10.5 Å². The van der Waals surface area contributed by atoms with Gasteiger partial charge in [-0.15, -0.1) is 0 Å². The second-order valence-electron chi connectivity index (χ2n) is 13.9. The third-order valence-corrected chi connectivity index (χ3v) is 11.1. The zero-order valence-electron chi connectivity index (χ0n) is 29.5. The SMILES string of the molecule is N#Cc1c(-n2c3ccccc3c3ccccc32)c(C#N)c(-n2c3ccccc3c3ccccc32)c(-c2ccccc2)c1-n1c2ccccc2c2ccccc21. The van der Waals surface area contributed by atoms with Crippen molar-refractivity contribution in [3.63, 3.8) is 0 Å². The number of hydrogen-bond acceptors (Lipinski definition) is 2. The van der Waals surface area contributed by atoms with Crippen LogP contribution in [0.25, 0.3) is 93.6 Å². The summed E-state index contributed by atoms with van der Waals surface area (Å²) in [5.41, 5.74) is 10.3. The molecule has 5 heteroatoms. The molecule has 0 unspecified atom stereocenters. The monoisotopic (exact) mass is 699 g/mol. The first-order chi connectivity index (χ1) is 27.3. The summed E-state index contributed by atoms with van der Waals surface area (Å²) in [5.74, 6) is 0. The van der Waals surface area contributed by atoms with Crippen LogP contribution >= 0.6 is 0 Å². The highest BCUT2D eigenvalue weighted by molar-refractivity contribution is 6.14. The minimum Gasteiger partial charge on any atom is -0.307 e. The molecule has 11 aromatic rings. The van der Waals surface area contributed by atoms with E-state index < -0.39 is 0 Å². The zero-order chi connectivity index (χ0) is 36.6. The Balaban J connectivity index is 1.49. The highest BCUT2D eigenvalue weighted by Gasteiger charge is 2.32. The first-order valence-electron chi connectivity index (χ1n) is 18.3. The molecule has 3 aromatic heterocycles. The summed E-state index contributed by atoms with van der Waals surface area (Å²) in [7, 11) is 0. The van der Waals surface area contributed by atoms with Gasteiger partial charge in [-0.25, -0.2) is 0 Å². The molecule has 0 spiro atoms. The molecule has 0 amide bonds. The molecule has 0 bridgehead atoms. The number of rotatable bonds is 4. The van der Waals surface area contributed by atoms with E-state index in [1.807, 2.05) is 42.5 Å². The molecule has 0 aliphatic rings. The third kappa shape index (κ3) is 4.21. The summed E-state index contributed by atoms with van der Waals surface area (Å²) in [6, 6.07) is 65.8. The lowest BCUT2D eigenvalue weighted by Crippen LogP contribution is -2.14. The molecule has 0 saturated heterocycles. The van der Waals surface area contributed by atoms with Crippen molar-refractivity contribution in [3.05, 3.63) is 187 Å². The van der Waals surface area contributed by atoms with Crippen molar-refractivity contribution in [2.75, 3.05) is 0 Å². The van der Waals surface area contributed by atoms with Crippen LogP contribution in [-0.4, -0.2) is 13.7 Å². The van der Waals surface area contributed by atoms with Crippen LogP contribution in [-0.2, 0) is 0 Å². The number of hydrogen-bond donors (Lipinski definition) is 0. The maximum atomic E-state index is 11.7. The summed E-state index contributed by atoms with van der Waals surface area (Å²) in [6.45, 7) is 0. The van der Waals surface area contributed by atoms with Crippen LogP contribution in [0.3, 0.4) is 0 Å². The van der Waals surface area contributed by atoms with Crippen LogP contribution in [0, 0.1) is 22.7 Å². The topological polar surface area (TPSA) is 62.4 Å². The third-order valence-electron chi connectivity index (χ3n) is 11.1. The summed E-state index contributed by atoms with van der Waals surface area (Å²) in [6.07, 6.45) is 0. The van der Waals surface area contributed by atoms with Gasteiger partial charge in [-0.2, -0.15) is 10.5 Å². The first-order valence-corrected chi connectivity index (χ1v) is 18.3. The average Bonchev–Trinajstić information content (AvgIpc) is 3.89. The lowest BCUT2D eigenvalue weighted by atomic mass is 9.91. The smallest absolute Gasteiger partial charge is 0.104 e. The van der Waals surface area contributed by atoms with Gasteiger partial charge in [-0.3, -0.25) is 0 Å². The quantitative estimate of drug-likeness (QED) is 0.184. The Hall–Kier alpha value is -7.86. The van der Waals surface area contributed by atoms with E-state index in [-0.39, 0.29) is 0 Å². The molecule has 0 aliphatic carbocycles. The fraction of sp³-hybridized carbons (Fsp3) is 0. The first kappa shape index (κ1) is 30.7. The van der Waals surface area contributed by atoms with Crippen molar-refractivity contribution >= 4 is 65.4 Å². The molecular formula is C50H29N5. The lowest BCUT2D eigenvalue weighted by Gasteiger charge is -2.26. The number of fused-ring (bicyclic) bond motifs is 9. The Morgan fingerprint density at radius 1 is 0.291 bits per heavy atom. The number of benzene rings is 8. The molecule has 55 heavy (non-hydrogen) atoms. The summed E-state index contributed by atoms with van der Waals surface area (Å²) >= 11 is 0. The largest absolute Gasteiger partial charge is 0.307 e. The minimum absolute atomic E-state index is 0.415. The van der Waals surface area contributed by atoms with Gasteiger partial charge in [0.2, 0.25) is 0 Å². The maximum absolute atomic E-state index is 11.7. The summed E-state index contributed by atoms with van der Waals surface area (Å²) in [5, 5.41) is 29.9. The molecule has 8 aromatic carbocycles. The molecular weight excluding hydrogens is 671 g/mol. The van der Waals surface area contributed by atoms with E-state index in [4.69, 9.17) is 0 Å². The van der Waals surface area contributed by atoms with Gasteiger partial charge < -0.3 is 13.7 Å². The van der Waals surface area contributed by atoms with Gasteiger partial charge in [0, 0.05) is 37.9 Å². The van der Waals surface area contributed by atoms with Crippen molar-refractivity contribution in [2.45, 2.75) is 0 Å². The van der Waals surface area contributed by atoms with E-state index in [1.54, 1.807) is 0 Å². The van der Waals surface area contributed by atoms with Gasteiger partial charge in [0.05, 0.1) is 50.2 Å². The fourth-order valence-corrected chi connectivity index (χ4v) is 8.96. The van der Waals surface area contributed by atoms with Crippen LogP contribution in [0.15, 0.2) is 176 Å². The molecule has 0 fully saturated rings. The molecule has 0 radical (unpaired) electrons. The molecule has 3 heterocycles. The van der Waals surface area contributed by atoms with Gasteiger partial charge in [-0.05, 0) is 42.0 Å². The second-order valence-corrected chi connectivity index (χ2v) is 13.9. The van der Waals surface area contributed by atoms with Gasteiger partial charge >= 0.3 is 0 Å². The molecule has 254 valence electrons. The van der Waals surface area contributed by atoms with E-state index in [1.165, 1.54) is 0 Å². The summed E-state index contributed by atoms with van der Waals surface area (Å²) < 4.78 is 6.65. The predicted octanol–water partition coefficient (Wildman–Crippen LogP) is 12.4. The van der Waals surface area contributed by atoms with Crippen molar-refractivity contribution in [2.24, 2.45) is 0 Å². The molecule has 0 aliphatic heterocycles. The Morgan fingerprint density at radius 2 is 0.545 bits per heavy atom. The highest BCUT2D eigenvalue weighted by atomic mass is 15.1. The average molecular weight is 700 g/mol. The minimum atomic E-state index is 0.415. The van der Waals surface area contributed by atoms with E-state index in [0.717, 1.165) is 87.9 Å². The van der Waals surface area contributed by atoms with E-state index in [9.17, 15) is 10.5 Å². The van der Waals surface area contributed by atoms with Crippen LogP contribution in [0.5, 0.6) is 0 Å². The Morgan fingerprint density at radius 3 is 0.836 bits per heavy atom. The zero-order valence-corrected chi connectivity index (χ0v) is 29.5. The van der Waals surface area contributed by atoms with Crippen molar-refractivity contribution in [3.8, 4) is 40.3 Å². The van der Waals surface area contributed by atoms with Crippen LogP contribution in [0.4, 0.5) is 0 Å². The van der Waals surface area contributed by atoms with Crippen LogP contribution in [0.1, 0.15) is 11.1 Å². The van der Waals surface area contributed by atoms with Gasteiger partial charge in [0.25, 0.3) is 0 Å². The Kier molecular flexibility index (Phi) is 6.61. The lowest BCUT2D eigenvalue weighted by molar-refractivity contribution is 1.08. The standard InChI is InChI=1S/C50H29N5/c51-30-39-48(53-41-24-10-4-18-33(41)34-19-5-11-25-42(34)53)40(31-52)50(55-45-28-14-8-22-37(45)38-23-9-15-29-46(38)55)47(32-16-2-1-3-17-32)49(39)54-43-26-12-6-20-35(43)36-21-7-13-27-44(36)54/h1-29H. The predicted molar refractivity (Wildman–Crippen MR) is 224 cm³/mol. The number of aromatic nitrogens is 3. The van der Waals surface area contributed by atoms with E-state index in [0.29, 0.717) is 16.8 Å². The Bertz CT molecular complexity index is 3140. The van der Waals surface area contributed by atoms with Crippen molar-refractivity contribution in [1.82, 2.24) is 13.7 Å². The second kappa shape index (κ2) is 11.8. The normalized spacial score (nSPS) is 11.6. The fourth-order valence-electron chi connectivity index (χ4n) is 8.96. The molecule has 5 nitrogen and oxygen atoms in total. The molecule has 0 saturated carbocycles. The molecule has 0 atom stereocenters. The van der Waals surface area contributed by atoms with Crippen molar-refractivity contribution < 1.29 is 0 Å². The van der Waals surface area contributed by atoms with Gasteiger partial charge in [0.1, 0.15) is 23.3 Å².